The molecule has 0 bridgehead atoms. The fourth-order valence-corrected chi connectivity index (χ4v) is 1.04. The van der Waals surface area contributed by atoms with Gasteiger partial charge in [0.1, 0.15) is 0 Å². The number of rotatable bonds is 3. The number of carbonyl (C=O) groups excluding carboxylic acids is 1. The van der Waals surface area contributed by atoms with Crippen LogP contribution in [0.2, 0.25) is 0 Å². The summed E-state index contributed by atoms with van der Waals surface area (Å²) in [4.78, 5) is 10.9. The Labute approximate surface area is 76.5 Å². The quantitative estimate of drug-likeness (QED) is 0.469. The summed E-state index contributed by atoms with van der Waals surface area (Å²) in [7, 11) is 1.86. The lowest BCUT2D eigenvalue weighted by Gasteiger charge is -2.01. The molecule has 3 N–H and O–H groups in total. The van der Waals surface area contributed by atoms with Crippen molar-refractivity contribution in [2.75, 3.05) is 7.05 Å². The third-order valence-electron chi connectivity index (χ3n) is 1.70. The second-order valence-electron chi connectivity index (χ2n) is 2.67. The van der Waals surface area contributed by atoms with Gasteiger partial charge in [-0.1, -0.05) is 12.1 Å². The van der Waals surface area contributed by atoms with Crippen LogP contribution in [-0.4, -0.2) is 18.2 Å². The first-order valence-electron chi connectivity index (χ1n) is 3.96. The number of benzene rings is 1. The molecule has 0 aliphatic rings. The molecule has 0 saturated heterocycles. The molecular weight excluding hydrogens is 168 g/mol. The molecule has 0 radical (unpaired) electrons. The van der Waals surface area contributed by atoms with E-state index in [4.69, 9.17) is 5.21 Å². The van der Waals surface area contributed by atoms with E-state index in [0.717, 1.165) is 12.1 Å². The van der Waals surface area contributed by atoms with Gasteiger partial charge in [0.05, 0.1) is 0 Å². The maximum atomic E-state index is 10.9. The van der Waals surface area contributed by atoms with Gasteiger partial charge < -0.3 is 5.32 Å². The number of amides is 1. The third-order valence-corrected chi connectivity index (χ3v) is 1.70. The highest BCUT2D eigenvalue weighted by molar-refractivity contribution is 5.93. The fourth-order valence-electron chi connectivity index (χ4n) is 1.04. The molecule has 1 aromatic carbocycles. The van der Waals surface area contributed by atoms with Crippen molar-refractivity contribution < 1.29 is 10.0 Å². The summed E-state index contributed by atoms with van der Waals surface area (Å²) in [6, 6.07) is 7.00. The van der Waals surface area contributed by atoms with Crippen LogP contribution in [0.25, 0.3) is 0 Å². The molecule has 0 aromatic heterocycles. The van der Waals surface area contributed by atoms with E-state index in [2.05, 4.69) is 5.32 Å². The van der Waals surface area contributed by atoms with Crippen LogP contribution >= 0.6 is 0 Å². The van der Waals surface area contributed by atoms with Crippen LogP contribution in [0.4, 0.5) is 0 Å². The van der Waals surface area contributed by atoms with Crippen molar-refractivity contribution in [2.45, 2.75) is 6.54 Å². The molecule has 0 aliphatic carbocycles. The van der Waals surface area contributed by atoms with Crippen molar-refractivity contribution >= 4 is 5.91 Å². The van der Waals surface area contributed by atoms with Crippen molar-refractivity contribution in [1.82, 2.24) is 10.8 Å². The zero-order valence-corrected chi connectivity index (χ0v) is 7.37. The van der Waals surface area contributed by atoms with Crippen molar-refractivity contribution in [1.29, 1.82) is 0 Å². The number of hydrogen-bond donors (Lipinski definition) is 3. The summed E-state index contributed by atoms with van der Waals surface area (Å²) < 4.78 is 0. The molecule has 0 heterocycles. The Morgan fingerprint density at radius 1 is 1.38 bits per heavy atom. The van der Waals surface area contributed by atoms with E-state index in [1.165, 1.54) is 0 Å². The van der Waals surface area contributed by atoms with E-state index in [9.17, 15) is 4.79 Å². The number of hydroxylamine groups is 1. The van der Waals surface area contributed by atoms with Gasteiger partial charge in [0.25, 0.3) is 5.91 Å². The molecule has 1 rings (SSSR count). The zero-order chi connectivity index (χ0) is 9.68. The van der Waals surface area contributed by atoms with Gasteiger partial charge in [-0.15, -0.1) is 0 Å². The van der Waals surface area contributed by atoms with Crippen LogP contribution in [0.15, 0.2) is 24.3 Å². The Morgan fingerprint density at radius 3 is 2.46 bits per heavy atom. The minimum Gasteiger partial charge on any atom is -0.316 e. The first kappa shape index (κ1) is 9.70. The summed E-state index contributed by atoms with van der Waals surface area (Å²) in [5, 5.41) is 11.3. The van der Waals surface area contributed by atoms with Crippen molar-refractivity contribution in [3.05, 3.63) is 35.4 Å². The first-order valence-corrected chi connectivity index (χ1v) is 3.96. The topological polar surface area (TPSA) is 61.4 Å². The van der Waals surface area contributed by atoms with Gasteiger partial charge >= 0.3 is 0 Å². The summed E-state index contributed by atoms with van der Waals surface area (Å²) in [5.41, 5.74) is 3.12. The Balaban J connectivity index is 2.75. The molecule has 0 spiro atoms. The minimum absolute atomic E-state index is 0.447. The molecule has 0 unspecified atom stereocenters. The molecule has 0 fully saturated rings. The summed E-state index contributed by atoms with van der Waals surface area (Å²) >= 11 is 0. The molecule has 0 atom stereocenters. The van der Waals surface area contributed by atoms with E-state index in [-0.39, 0.29) is 0 Å². The van der Waals surface area contributed by atoms with E-state index in [1.54, 1.807) is 17.6 Å². The monoisotopic (exact) mass is 180 g/mol. The summed E-state index contributed by atoms with van der Waals surface area (Å²) in [5.74, 6) is -0.490. The highest BCUT2D eigenvalue weighted by Crippen LogP contribution is 2.03. The second-order valence-corrected chi connectivity index (χ2v) is 2.67. The lowest BCUT2D eigenvalue weighted by Crippen LogP contribution is -2.18. The molecular formula is C9H12N2O2. The van der Waals surface area contributed by atoms with Crippen LogP contribution in [0.1, 0.15) is 15.9 Å². The Morgan fingerprint density at radius 2 is 2.00 bits per heavy atom. The van der Waals surface area contributed by atoms with Gasteiger partial charge in [-0.25, -0.2) is 5.48 Å². The Hall–Kier alpha value is -1.39. The number of nitrogens with one attached hydrogen (secondary N) is 2. The van der Waals surface area contributed by atoms with Gasteiger partial charge in [-0.3, -0.25) is 10.0 Å². The largest absolute Gasteiger partial charge is 0.316 e. The molecule has 1 amide bonds. The third kappa shape index (κ3) is 2.54. The van der Waals surface area contributed by atoms with Crippen LogP contribution < -0.4 is 10.8 Å². The maximum Gasteiger partial charge on any atom is 0.274 e. The lowest BCUT2D eigenvalue weighted by molar-refractivity contribution is 0.0706. The van der Waals surface area contributed by atoms with Crippen molar-refractivity contribution in [2.24, 2.45) is 0 Å². The Bertz CT molecular complexity index is 282. The average Bonchev–Trinajstić information content (AvgIpc) is 2.18. The van der Waals surface area contributed by atoms with E-state index >= 15 is 0 Å². The molecule has 0 aliphatic heterocycles. The molecule has 70 valence electrons. The average molecular weight is 180 g/mol. The van der Waals surface area contributed by atoms with Gasteiger partial charge in [0.15, 0.2) is 0 Å². The minimum atomic E-state index is -0.490. The van der Waals surface area contributed by atoms with Crippen LogP contribution in [0.5, 0.6) is 0 Å². The maximum absolute atomic E-state index is 10.9. The standard InChI is InChI=1S/C9H12N2O2/c1-10-6-7-2-4-8(5-3-7)9(12)11-13/h2-5,10,13H,6H2,1H3,(H,11,12). The van der Waals surface area contributed by atoms with Gasteiger partial charge in [0, 0.05) is 12.1 Å². The normalized spacial score (nSPS) is 9.69. The SMILES string of the molecule is CNCc1ccc(C(=O)NO)cc1. The summed E-state index contributed by atoms with van der Waals surface area (Å²) in [6.45, 7) is 0.765. The van der Waals surface area contributed by atoms with Crippen molar-refractivity contribution in [3.8, 4) is 0 Å². The fraction of sp³-hybridized carbons (Fsp3) is 0.222. The molecule has 1 aromatic rings. The van der Waals surface area contributed by atoms with Crippen LogP contribution in [-0.2, 0) is 6.54 Å². The van der Waals surface area contributed by atoms with E-state index < -0.39 is 5.91 Å². The smallest absolute Gasteiger partial charge is 0.274 e. The molecule has 13 heavy (non-hydrogen) atoms. The highest BCUT2D eigenvalue weighted by Gasteiger charge is 2.02. The van der Waals surface area contributed by atoms with E-state index in [0.29, 0.717) is 5.56 Å². The predicted octanol–water partition coefficient (Wildman–Crippen LogP) is 0.525. The second kappa shape index (κ2) is 4.59. The van der Waals surface area contributed by atoms with Crippen LogP contribution in [0.3, 0.4) is 0 Å². The van der Waals surface area contributed by atoms with Gasteiger partial charge in [-0.2, -0.15) is 0 Å². The zero-order valence-electron chi connectivity index (χ0n) is 7.37. The van der Waals surface area contributed by atoms with Crippen molar-refractivity contribution in [3.63, 3.8) is 0 Å². The van der Waals surface area contributed by atoms with Gasteiger partial charge in [0.2, 0.25) is 0 Å². The molecule has 4 nitrogen and oxygen atoms in total. The first-order chi connectivity index (χ1) is 6.27. The molecule has 0 saturated carbocycles. The van der Waals surface area contributed by atoms with Crippen LogP contribution in [0, 0.1) is 0 Å². The number of hydrogen-bond acceptors (Lipinski definition) is 3. The lowest BCUT2D eigenvalue weighted by atomic mass is 10.1. The van der Waals surface area contributed by atoms with Gasteiger partial charge in [-0.05, 0) is 24.7 Å². The molecule has 4 heteroatoms. The Kier molecular flexibility index (Phi) is 3.42. The number of carbonyl (C=O) groups is 1. The van der Waals surface area contributed by atoms with E-state index in [1.807, 2.05) is 19.2 Å². The predicted molar refractivity (Wildman–Crippen MR) is 48.5 cm³/mol. The highest BCUT2D eigenvalue weighted by atomic mass is 16.5. The summed E-state index contributed by atoms with van der Waals surface area (Å²) in [6.07, 6.45) is 0.